The summed E-state index contributed by atoms with van der Waals surface area (Å²) in [6.45, 7) is 6.26. The summed E-state index contributed by atoms with van der Waals surface area (Å²) in [5, 5.41) is 26.8. The second kappa shape index (κ2) is 9.51. The molecular formula is C23H26N4O5. The Labute approximate surface area is 185 Å². The minimum absolute atomic E-state index is 0.0814. The zero-order valence-electron chi connectivity index (χ0n) is 18.2. The van der Waals surface area contributed by atoms with Crippen LogP contribution < -0.4 is 15.4 Å². The molecule has 3 N–H and O–H groups in total. The van der Waals surface area contributed by atoms with Crippen molar-refractivity contribution in [1.82, 2.24) is 10.3 Å². The molecule has 1 heterocycles. The van der Waals surface area contributed by atoms with E-state index in [1.807, 2.05) is 51.1 Å². The summed E-state index contributed by atoms with van der Waals surface area (Å²) in [5.41, 5.74) is 1.28. The molecule has 9 heteroatoms. The minimum atomic E-state index is -1.16. The SMILES string of the molecule is CC(C)(C)C(CNC(=O)O)Nc1c([N+](=O)[O-])cnc2cc(OCc3ccccc3)ccc12. The summed E-state index contributed by atoms with van der Waals surface area (Å²) in [7, 11) is 0. The molecule has 1 unspecified atom stereocenters. The Morgan fingerprint density at radius 3 is 2.56 bits per heavy atom. The Hall–Kier alpha value is -3.88. The summed E-state index contributed by atoms with van der Waals surface area (Å²) >= 11 is 0. The summed E-state index contributed by atoms with van der Waals surface area (Å²) < 4.78 is 5.85. The number of rotatable bonds is 8. The van der Waals surface area contributed by atoms with Gasteiger partial charge in [0, 0.05) is 24.0 Å². The van der Waals surface area contributed by atoms with Crippen molar-refractivity contribution in [2.24, 2.45) is 5.41 Å². The molecule has 0 aliphatic carbocycles. The van der Waals surface area contributed by atoms with Gasteiger partial charge in [0.25, 0.3) is 0 Å². The summed E-state index contributed by atoms with van der Waals surface area (Å²) in [5.74, 6) is 0.591. The molecule has 3 aromatic rings. The molecule has 2 aromatic carbocycles. The molecule has 9 nitrogen and oxygen atoms in total. The van der Waals surface area contributed by atoms with Crippen molar-refractivity contribution < 1.29 is 19.6 Å². The Kier molecular flexibility index (Phi) is 6.77. The number of fused-ring (bicyclic) bond motifs is 1. The molecule has 1 amide bonds. The fraction of sp³-hybridized carbons (Fsp3) is 0.304. The first-order valence-corrected chi connectivity index (χ1v) is 10.1. The highest BCUT2D eigenvalue weighted by atomic mass is 16.6. The lowest BCUT2D eigenvalue weighted by Gasteiger charge is -2.32. The van der Waals surface area contributed by atoms with Gasteiger partial charge in [0.15, 0.2) is 0 Å². The van der Waals surface area contributed by atoms with E-state index >= 15 is 0 Å². The van der Waals surface area contributed by atoms with E-state index in [-0.39, 0.29) is 17.6 Å². The van der Waals surface area contributed by atoms with Crippen molar-refractivity contribution in [2.45, 2.75) is 33.4 Å². The fourth-order valence-electron chi connectivity index (χ4n) is 3.22. The molecule has 0 bridgehead atoms. The monoisotopic (exact) mass is 438 g/mol. The van der Waals surface area contributed by atoms with Crippen molar-refractivity contribution in [2.75, 3.05) is 11.9 Å². The van der Waals surface area contributed by atoms with Crippen molar-refractivity contribution in [3.8, 4) is 5.75 Å². The number of amides is 1. The zero-order chi connectivity index (χ0) is 23.3. The van der Waals surface area contributed by atoms with Crippen LogP contribution in [0.15, 0.2) is 54.7 Å². The van der Waals surface area contributed by atoms with Crippen LogP contribution in [0.2, 0.25) is 0 Å². The van der Waals surface area contributed by atoms with Crippen molar-refractivity contribution >= 4 is 28.4 Å². The molecule has 0 spiro atoms. The molecule has 0 aliphatic heterocycles. The second-order valence-electron chi connectivity index (χ2n) is 8.48. The Morgan fingerprint density at radius 2 is 1.94 bits per heavy atom. The van der Waals surface area contributed by atoms with Gasteiger partial charge < -0.3 is 20.5 Å². The van der Waals surface area contributed by atoms with E-state index in [9.17, 15) is 14.9 Å². The normalized spacial score (nSPS) is 12.2. The van der Waals surface area contributed by atoms with Gasteiger partial charge >= 0.3 is 11.8 Å². The number of nitro groups is 1. The molecular weight excluding hydrogens is 412 g/mol. The fourth-order valence-corrected chi connectivity index (χ4v) is 3.22. The molecule has 0 radical (unpaired) electrons. The molecule has 3 rings (SSSR count). The van der Waals surface area contributed by atoms with Gasteiger partial charge in [-0.15, -0.1) is 0 Å². The Balaban J connectivity index is 1.94. The standard InChI is InChI=1S/C23H26N4O5/c1-23(2,3)20(13-25-22(28)29)26-21-17-10-9-16(32-14-15-7-5-4-6-8-15)11-18(17)24-12-19(21)27(30)31/h4-12,20,25H,13-14H2,1-3H3,(H,24,26)(H,28,29). The van der Waals surface area contributed by atoms with Crippen LogP contribution in [-0.4, -0.2) is 33.7 Å². The molecule has 1 aromatic heterocycles. The van der Waals surface area contributed by atoms with Gasteiger partial charge in [-0.05, 0) is 23.1 Å². The lowest BCUT2D eigenvalue weighted by Crippen LogP contribution is -2.44. The highest BCUT2D eigenvalue weighted by Crippen LogP contribution is 2.36. The maximum Gasteiger partial charge on any atom is 0.404 e. The number of carboxylic acid groups (broad SMARTS) is 1. The lowest BCUT2D eigenvalue weighted by atomic mass is 9.86. The smallest absolute Gasteiger partial charge is 0.404 e. The Bertz CT molecular complexity index is 1110. The van der Waals surface area contributed by atoms with Gasteiger partial charge in [-0.25, -0.2) is 9.78 Å². The zero-order valence-corrected chi connectivity index (χ0v) is 18.2. The third kappa shape index (κ3) is 5.63. The molecule has 0 saturated heterocycles. The van der Waals surface area contributed by atoms with E-state index in [1.54, 1.807) is 18.2 Å². The van der Waals surface area contributed by atoms with Crippen LogP contribution in [-0.2, 0) is 6.61 Å². The van der Waals surface area contributed by atoms with E-state index in [2.05, 4.69) is 15.6 Å². The van der Waals surface area contributed by atoms with Gasteiger partial charge in [0.1, 0.15) is 24.2 Å². The van der Waals surface area contributed by atoms with Gasteiger partial charge in [0.05, 0.1) is 10.4 Å². The van der Waals surface area contributed by atoms with Crippen molar-refractivity contribution in [3.63, 3.8) is 0 Å². The molecule has 1 atom stereocenters. The van der Waals surface area contributed by atoms with E-state index in [0.29, 0.717) is 28.9 Å². The first-order valence-electron chi connectivity index (χ1n) is 10.1. The topological polar surface area (TPSA) is 127 Å². The van der Waals surface area contributed by atoms with Crippen LogP contribution in [0, 0.1) is 15.5 Å². The van der Waals surface area contributed by atoms with Crippen molar-refractivity contribution in [1.29, 1.82) is 0 Å². The van der Waals surface area contributed by atoms with E-state index in [1.165, 1.54) is 6.20 Å². The number of anilines is 1. The van der Waals surface area contributed by atoms with E-state index < -0.39 is 17.1 Å². The average molecular weight is 438 g/mol. The molecule has 32 heavy (non-hydrogen) atoms. The third-order valence-corrected chi connectivity index (χ3v) is 5.09. The van der Waals surface area contributed by atoms with Crippen LogP contribution >= 0.6 is 0 Å². The largest absolute Gasteiger partial charge is 0.489 e. The van der Waals surface area contributed by atoms with E-state index in [4.69, 9.17) is 9.84 Å². The molecule has 168 valence electrons. The highest BCUT2D eigenvalue weighted by Gasteiger charge is 2.29. The number of hydrogen-bond acceptors (Lipinski definition) is 6. The van der Waals surface area contributed by atoms with Gasteiger partial charge in [-0.3, -0.25) is 10.1 Å². The number of carbonyl (C=O) groups is 1. The molecule has 0 saturated carbocycles. The summed E-state index contributed by atoms with van der Waals surface area (Å²) in [6, 6.07) is 14.5. The summed E-state index contributed by atoms with van der Waals surface area (Å²) in [6.07, 6.45) is 0.0473. The average Bonchev–Trinajstić information content (AvgIpc) is 2.74. The van der Waals surface area contributed by atoms with Crippen LogP contribution in [0.1, 0.15) is 26.3 Å². The Morgan fingerprint density at radius 1 is 1.22 bits per heavy atom. The van der Waals surface area contributed by atoms with E-state index in [0.717, 1.165) is 5.56 Å². The first kappa shape index (κ1) is 22.8. The summed E-state index contributed by atoms with van der Waals surface area (Å²) in [4.78, 5) is 26.4. The number of nitrogens with zero attached hydrogens (tertiary/aromatic N) is 2. The molecule has 0 fully saturated rings. The van der Waals surface area contributed by atoms with Gasteiger partial charge in [-0.2, -0.15) is 0 Å². The second-order valence-corrected chi connectivity index (χ2v) is 8.48. The predicted octanol–water partition coefficient (Wildman–Crippen LogP) is 4.82. The first-order chi connectivity index (χ1) is 15.1. The van der Waals surface area contributed by atoms with Crippen LogP contribution in [0.3, 0.4) is 0 Å². The number of aromatic nitrogens is 1. The van der Waals surface area contributed by atoms with Crippen LogP contribution in [0.25, 0.3) is 10.9 Å². The minimum Gasteiger partial charge on any atom is -0.489 e. The number of hydrogen-bond donors (Lipinski definition) is 3. The lowest BCUT2D eigenvalue weighted by molar-refractivity contribution is -0.384. The number of nitrogens with one attached hydrogen (secondary N) is 2. The van der Waals surface area contributed by atoms with Crippen LogP contribution in [0.4, 0.5) is 16.2 Å². The number of benzene rings is 2. The maximum atomic E-state index is 11.7. The molecule has 0 aliphatic rings. The van der Waals surface area contributed by atoms with Gasteiger partial charge in [-0.1, -0.05) is 51.1 Å². The van der Waals surface area contributed by atoms with Gasteiger partial charge in [0.2, 0.25) is 0 Å². The number of ether oxygens (including phenoxy) is 1. The third-order valence-electron chi connectivity index (χ3n) is 5.09. The number of pyridine rings is 1. The maximum absolute atomic E-state index is 11.7. The van der Waals surface area contributed by atoms with Crippen LogP contribution in [0.5, 0.6) is 5.75 Å². The quantitative estimate of drug-likeness (QED) is 0.340. The predicted molar refractivity (Wildman–Crippen MR) is 122 cm³/mol. The highest BCUT2D eigenvalue weighted by molar-refractivity contribution is 5.96. The van der Waals surface area contributed by atoms with Crippen molar-refractivity contribution in [3.05, 3.63) is 70.4 Å².